The third-order valence-corrected chi connectivity index (χ3v) is 8.19. The lowest BCUT2D eigenvalue weighted by Gasteiger charge is -2.26. The van der Waals surface area contributed by atoms with Crippen LogP contribution in [0.2, 0.25) is 0 Å². The highest BCUT2D eigenvalue weighted by Gasteiger charge is 2.43. The number of aryl methyl sites for hydroxylation is 1. The van der Waals surface area contributed by atoms with Gasteiger partial charge in [0.25, 0.3) is 0 Å². The summed E-state index contributed by atoms with van der Waals surface area (Å²) in [7, 11) is 0. The molecule has 0 unspecified atom stereocenters. The Kier molecular flexibility index (Phi) is 9.23. The molecule has 2 aliphatic carbocycles. The van der Waals surface area contributed by atoms with E-state index in [1.807, 2.05) is 6.08 Å². The molecule has 2 N–H and O–H groups in total. The highest BCUT2D eigenvalue weighted by Crippen LogP contribution is 2.48. The molecular formula is C30H45NO2. The van der Waals surface area contributed by atoms with Crippen LogP contribution in [0.4, 0.5) is 0 Å². The lowest BCUT2D eigenvalue weighted by atomic mass is 9.88. The molecule has 33 heavy (non-hydrogen) atoms. The van der Waals surface area contributed by atoms with Crippen LogP contribution in [0.25, 0.3) is 0 Å². The number of fused-ring (bicyclic) bond motifs is 1. The summed E-state index contributed by atoms with van der Waals surface area (Å²) in [5.41, 5.74) is 4.48. The third kappa shape index (κ3) is 7.04. The van der Waals surface area contributed by atoms with Gasteiger partial charge in [-0.05, 0) is 81.0 Å². The fourth-order valence-corrected chi connectivity index (χ4v) is 6.31. The average molecular weight is 452 g/mol. The molecule has 1 saturated heterocycles. The van der Waals surface area contributed by atoms with Gasteiger partial charge in [0.2, 0.25) is 0 Å². The summed E-state index contributed by atoms with van der Waals surface area (Å²) in [6, 6.07) is 9.22. The van der Waals surface area contributed by atoms with Crippen molar-refractivity contribution < 1.29 is 10.2 Å². The van der Waals surface area contributed by atoms with Gasteiger partial charge < -0.3 is 10.2 Å². The largest absolute Gasteiger partial charge is 0.392 e. The van der Waals surface area contributed by atoms with Crippen LogP contribution < -0.4 is 0 Å². The first-order valence-corrected chi connectivity index (χ1v) is 13.7. The van der Waals surface area contributed by atoms with Crippen LogP contribution in [0.3, 0.4) is 0 Å². The standard InChI is InChI=1S/C30H45NO2/c1-2-3-5-11-27(32)14-15-28-29-20-24(19-26(29)21-30(28)33)13-12-23-9-8-10-25(18-23)22-31-16-6-4-7-17-31/h8-10,14-15,18-19,26-30,32-33H,2-7,11-13,16-17,20-22H2,1H3/t26-,27-,28+,29-,30+/m0/s1. The fraction of sp³-hybridized carbons (Fsp3) is 0.667. The molecule has 3 nitrogen and oxygen atoms in total. The van der Waals surface area contributed by atoms with E-state index in [0.29, 0.717) is 11.8 Å². The van der Waals surface area contributed by atoms with E-state index in [1.165, 1.54) is 56.3 Å². The fourth-order valence-electron chi connectivity index (χ4n) is 6.31. The number of allylic oxidation sites excluding steroid dienone is 2. The molecule has 182 valence electrons. The van der Waals surface area contributed by atoms with Crippen molar-refractivity contribution in [3.05, 3.63) is 59.2 Å². The zero-order valence-corrected chi connectivity index (χ0v) is 20.7. The Hall–Kier alpha value is -1.42. The first-order chi connectivity index (χ1) is 16.1. The number of hydrogen-bond donors (Lipinski definition) is 2. The Bertz CT molecular complexity index is 794. The molecule has 0 spiro atoms. The van der Waals surface area contributed by atoms with Gasteiger partial charge in [0.1, 0.15) is 0 Å². The van der Waals surface area contributed by atoms with Gasteiger partial charge in [-0.2, -0.15) is 0 Å². The molecule has 1 aliphatic heterocycles. The Morgan fingerprint density at radius 2 is 1.91 bits per heavy atom. The van der Waals surface area contributed by atoms with Crippen molar-refractivity contribution in [1.82, 2.24) is 4.90 Å². The van der Waals surface area contributed by atoms with Gasteiger partial charge >= 0.3 is 0 Å². The molecule has 2 fully saturated rings. The summed E-state index contributed by atoms with van der Waals surface area (Å²) in [4.78, 5) is 2.60. The van der Waals surface area contributed by atoms with Crippen molar-refractivity contribution in [3.8, 4) is 0 Å². The van der Waals surface area contributed by atoms with E-state index in [1.54, 1.807) is 5.57 Å². The quantitative estimate of drug-likeness (QED) is 0.318. The van der Waals surface area contributed by atoms with Crippen LogP contribution in [0, 0.1) is 17.8 Å². The Morgan fingerprint density at radius 1 is 1.09 bits per heavy atom. The summed E-state index contributed by atoms with van der Waals surface area (Å²) >= 11 is 0. The number of likely N-dealkylation sites (tertiary alicyclic amines) is 1. The van der Waals surface area contributed by atoms with Crippen LogP contribution in [0.1, 0.15) is 82.3 Å². The van der Waals surface area contributed by atoms with Crippen LogP contribution in [-0.2, 0) is 13.0 Å². The summed E-state index contributed by atoms with van der Waals surface area (Å²) in [6.07, 6.45) is 18.5. The Morgan fingerprint density at radius 3 is 2.73 bits per heavy atom. The topological polar surface area (TPSA) is 43.7 Å². The van der Waals surface area contributed by atoms with E-state index in [2.05, 4.69) is 48.2 Å². The monoisotopic (exact) mass is 451 g/mol. The van der Waals surface area contributed by atoms with E-state index in [-0.39, 0.29) is 18.1 Å². The van der Waals surface area contributed by atoms with E-state index >= 15 is 0 Å². The van der Waals surface area contributed by atoms with E-state index in [4.69, 9.17) is 0 Å². The van der Waals surface area contributed by atoms with E-state index in [0.717, 1.165) is 45.1 Å². The second-order valence-corrected chi connectivity index (χ2v) is 10.8. The molecule has 0 radical (unpaired) electrons. The predicted octanol–water partition coefficient (Wildman–Crippen LogP) is 6.05. The molecule has 4 rings (SSSR count). The molecule has 3 heteroatoms. The molecule has 0 bridgehead atoms. The second kappa shape index (κ2) is 12.3. The van der Waals surface area contributed by atoms with Crippen molar-refractivity contribution in [2.24, 2.45) is 17.8 Å². The first kappa shape index (κ1) is 24.7. The van der Waals surface area contributed by atoms with Gasteiger partial charge in [-0.3, -0.25) is 4.90 Å². The summed E-state index contributed by atoms with van der Waals surface area (Å²) in [6.45, 7) is 5.78. The predicted molar refractivity (Wildman–Crippen MR) is 137 cm³/mol. The minimum atomic E-state index is -0.367. The number of hydrogen-bond acceptors (Lipinski definition) is 3. The van der Waals surface area contributed by atoms with Crippen molar-refractivity contribution in [3.63, 3.8) is 0 Å². The minimum absolute atomic E-state index is 0.192. The lowest BCUT2D eigenvalue weighted by molar-refractivity contribution is 0.139. The van der Waals surface area contributed by atoms with Gasteiger partial charge in [0, 0.05) is 12.5 Å². The molecule has 0 amide bonds. The molecular weight excluding hydrogens is 406 g/mol. The summed E-state index contributed by atoms with van der Waals surface area (Å²) in [5, 5.41) is 20.9. The molecule has 1 aromatic carbocycles. The van der Waals surface area contributed by atoms with Gasteiger partial charge in [-0.15, -0.1) is 0 Å². The zero-order chi connectivity index (χ0) is 23.0. The lowest BCUT2D eigenvalue weighted by Crippen LogP contribution is -2.29. The second-order valence-electron chi connectivity index (χ2n) is 10.8. The van der Waals surface area contributed by atoms with Crippen molar-refractivity contribution in [1.29, 1.82) is 0 Å². The maximum absolute atomic E-state index is 10.6. The van der Waals surface area contributed by atoms with E-state index in [9.17, 15) is 10.2 Å². The van der Waals surface area contributed by atoms with Crippen LogP contribution in [-0.4, -0.2) is 40.4 Å². The third-order valence-electron chi connectivity index (χ3n) is 8.19. The highest BCUT2D eigenvalue weighted by atomic mass is 16.3. The normalized spacial score (nSPS) is 28.9. The summed E-state index contributed by atoms with van der Waals surface area (Å²) < 4.78 is 0. The van der Waals surface area contributed by atoms with Crippen molar-refractivity contribution in [2.75, 3.05) is 13.1 Å². The van der Waals surface area contributed by atoms with Gasteiger partial charge in [0.05, 0.1) is 12.2 Å². The van der Waals surface area contributed by atoms with Gasteiger partial charge in [-0.25, -0.2) is 0 Å². The summed E-state index contributed by atoms with van der Waals surface area (Å²) in [5.74, 6) is 1.21. The van der Waals surface area contributed by atoms with Crippen LogP contribution in [0.15, 0.2) is 48.1 Å². The number of rotatable bonds is 11. The van der Waals surface area contributed by atoms with Gasteiger partial charge in [0.15, 0.2) is 0 Å². The van der Waals surface area contributed by atoms with Gasteiger partial charge in [-0.1, -0.05) is 80.7 Å². The molecule has 1 heterocycles. The average Bonchev–Trinajstić information content (AvgIpc) is 3.34. The van der Waals surface area contributed by atoms with Crippen molar-refractivity contribution in [2.45, 2.75) is 96.3 Å². The number of piperidine rings is 1. The molecule has 5 atom stereocenters. The Balaban J connectivity index is 1.26. The van der Waals surface area contributed by atoms with Crippen LogP contribution in [0.5, 0.6) is 0 Å². The molecule has 3 aliphatic rings. The number of aliphatic hydroxyl groups excluding tert-OH is 2. The van der Waals surface area contributed by atoms with E-state index < -0.39 is 0 Å². The zero-order valence-electron chi connectivity index (χ0n) is 20.7. The maximum Gasteiger partial charge on any atom is 0.0721 e. The number of aliphatic hydroxyl groups is 2. The molecule has 0 aromatic heterocycles. The van der Waals surface area contributed by atoms with Crippen molar-refractivity contribution >= 4 is 0 Å². The number of unbranched alkanes of at least 4 members (excludes halogenated alkanes) is 2. The van der Waals surface area contributed by atoms with Crippen LogP contribution >= 0.6 is 0 Å². The first-order valence-electron chi connectivity index (χ1n) is 13.7. The smallest absolute Gasteiger partial charge is 0.0721 e. The minimum Gasteiger partial charge on any atom is -0.392 e. The number of benzene rings is 1. The maximum atomic E-state index is 10.6. The number of nitrogens with zero attached hydrogens (tertiary/aromatic N) is 1. The SMILES string of the molecule is CCCCC[C@H](O)C=C[C@@H]1[C@H]2CC(CCc3cccc(CN4CCCCC4)c3)=C[C@H]2C[C@H]1O. The molecule has 1 saturated carbocycles. The highest BCUT2D eigenvalue weighted by molar-refractivity contribution is 5.26. The Labute approximate surface area is 201 Å². The molecule has 1 aromatic rings.